The van der Waals surface area contributed by atoms with Gasteiger partial charge in [0, 0.05) is 12.0 Å². The molecule has 0 unspecified atom stereocenters. The summed E-state index contributed by atoms with van der Waals surface area (Å²) >= 11 is 0. The van der Waals surface area contributed by atoms with Crippen LogP contribution >= 0.6 is 0 Å². The molecule has 0 heterocycles. The molecular weight excluding hydrogens is 186 g/mol. The molecule has 2 N–H and O–H groups in total. The fourth-order valence-electron chi connectivity index (χ4n) is 2.01. The van der Waals surface area contributed by atoms with Gasteiger partial charge in [0.2, 0.25) is 0 Å². The van der Waals surface area contributed by atoms with E-state index in [4.69, 9.17) is 10.5 Å². The van der Waals surface area contributed by atoms with E-state index >= 15 is 0 Å². The number of hydrogen-bond acceptors (Lipinski definition) is 2. The van der Waals surface area contributed by atoms with Gasteiger partial charge >= 0.3 is 0 Å². The lowest BCUT2D eigenvalue weighted by molar-refractivity contribution is 0.400. The third-order valence-corrected chi connectivity index (χ3v) is 3.45. The summed E-state index contributed by atoms with van der Waals surface area (Å²) in [5.74, 6) is 0.900. The Labute approximate surface area is 92.4 Å². The minimum absolute atomic E-state index is 0.131. The van der Waals surface area contributed by atoms with Crippen molar-refractivity contribution < 1.29 is 4.74 Å². The maximum Gasteiger partial charge on any atom is 0.118 e. The third kappa shape index (κ3) is 2.32. The smallest absolute Gasteiger partial charge is 0.118 e. The first kappa shape index (κ1) is 12.1. The van der Waals surface area contributed by atoms with Crippen molar-refractivity contribution >= 4 is 0 Å². The zero-order valence-electron chi connectivity index (χ0n) is 9.92. The topological polar surface area (TPSA) is 35.2 Å². The summed E-state index contributed by atoms with van der Waals surface area (Å²) in [6.07, 6.45) is 2.15. The van der Waals surface area contributed by atoms with Crippen molar-refractivity contribution in [2.24, 2.45) is 5.73 Å². The van der Waals surface area contributed by atoms with Gasteiger partial charge in [-0.15, -0.1) is 0 Å². The molecule has 0 aliphatic carbocycles. The summed E-state index contributed by atoms with van der Waals surface area (Å²) < 4.78 is 5.15. The summed E-state index contributed by atoms with van der Waals surface area (Å²) in [6.45, 7) is 5.09. The predicted octanol–water partition coefficient (Wildman–Crippen LogP) is 2.71. The lowest BCUT2D eigenvalue weighted by atomic mass is 9.76. The summed E-state index contributed by atoms with van der Waals surface area (Å²) in [4.78, 5) is 0. The largest absolute Gasteiger partial charge is 0.497 e. The summed E-state index contributed by atoms with van der Waals surface area (Å²) in [7, 11) is 1.69. The van der Waals surface area contributed by atoms with Crippen molar-refractivity contribution in [2.75, 3.05) is 13.7 Å². The van der Waals surface area contributed by atoms with Crippen molar-refractivity contribution in [1.29, 1.82) is 0 Å². The van der Waals surface area contributed by atoms with Crippen LogP contribution in [-0.2, 0) is 5.41 Å². The van der Waals surface area contributed by atoms with Crippen molar-refractivity contribution in [3.8, 4) is 5.75 Å². The van der Waals surface area contributed by atoms with Crippen LogP contribution in [0.2, 0.25) is 0 Å². The maximum absolute atomic E-state index is 5.90. The van der Waals surface area contributed by atoms with Crippen LogP contribution in [-0.4, -0.2) is 13.7 Å². The van der Waals surface area contributed by atoms with Crippen LogP contribution in [0, 0.1) is 0 Å². The van der Waals surface area contributed by atoms with Crippen LogP contribution in [0.1, 0.15) is 32.3 Å². The normalized spacial score (nSPS) is 11.5. The van der Waals surface area contributed by atoms with Crippen LogP contribution in [0.25, 0.3) is 0 Å². The number of nitrogens with two attached hydrogens (primary N) is 1. The van der Waals surface area contributed by atoms with Gasteiger partial charge < -0.3 is 10.5 Å². The quantitative estimate of drug-likeness (QED) is 0.805. The molecule has 2 nitrogen and oxygen atoms in total. The second kappa shape index (κ2) is 5.17. The highest BCUT2D eigenvalue weighted by molar-refractivity contribution is 5.32. The number of benzene rings is 1. The van der Waals surface area contributed by atoms with Gasteiger partial charge in [0.15, 0.2) is 0 Å². The van der Waals surface area contributed by atoms with Gasteiger partial charge in [0.25, 0.3) is 0 Å². The Balaban J connectivity index is 3.01. The molecule has 0 fully saturated rings. The molecule has 1 aromatic rings. The highest BCUT2D eigenvalue weighted by Crippen LogP contribution is 2.31. The van der Waals surface area contributed by atoms with E-state index in [-0.39, 0.29) is 5.41 Å². The molecule has 0 radical (unpaired) electrons. The van der Waals surface area contributed by atoms with Crippen LogP contribution in [0.5, 0.6) is 5.75 Å². The molecule has 0 aromatic heterocycles. The van der Waals surface area contributed by atoms with E-state index in [0.29, 0.717) is 6.54 Å². The van der Waals surface area contributed by atoms with E-state index in [0.717, 1.165) is 18.6 Å². The molecule has 0 amide bonds. The monoisotopic (exact) mass is 207 g/mol. The number of rotatable bonds is 5. The first-order valence-electron chi connectivity index (χ1n) is 5.57. The second-order valence-corrected chi connectivity index (χ2v) is 3.92. The zero-order valence-corrected chi connectivity index (χ0v) is 9.92. The number of hydrogen-bond donors (Lipinski definition) is 1. The molecule has 0 aliphatic rings. The summed E-state index contributed by atoms with van der Waals surface area (Å²) in [5.41, 5.74) is 7.35. The fourth-order valence-corrected chi connectivity index (χ4v) is 2.01. The molecule has 1 rings (SSSR count). The summed E-state index contributed by atoms with van der Waals surface area (Å²) in [6, 6.07) is 8.26. The van der Waals surface area contributed by atoms with Crippen LogP contribution in [0.4, 0.5) is 0 Å². The van der Waals surface area contributed by atoms with E-state index < -0.39 is 0 Å². The Kier molecular flexibility index (Phi) is 4.15. The Bertz CT molecular complexity index is 280. The minimum atomic E-state index is 0.131. The fraction of sp³-hybridized carbons (Fsp3) is 0.538. The highest BCUT2D eigenvalue weighted by atomic mass is 16.5. The Morgan fingerprint density at radius 2 is 1.67 bits per heavy atom. The molecule has 84 valence electrons. The van der Waals surface area contributed by atoms with Gasteiger partial charge in [-0.1, -0.05) is 26.0 Å². The lowest BCUT2D eigenvalue weighted by Gasteiger charge is -2.30. The SMILES string of the molecule is CCC(CC)(CN)c1ccc(OC)cc1. The molecule has 1 aromatic carbocycles. The molecule has 0 saturated heterocycles. The Morgan fingerprint density at radius 3 is 2.00 bits per heavy atom. The van der Waals surface area contributed by atoms with E-state index in [1.165, 1.54) is 5.56 Å². The van der Waals surface area contributed by atoms with Gasteiger partial charge in [-0.2, -0.15) is 0 Å². The van der Waals surface area contributed by atoms with E-state index in [9.17, 15) is 0 Å². The van der Waals surface area contributed by atoms with E-state index in [1.807, 2.05) is 12.1 Å². The molecule has 0 spiro atoms. The van der Waals surface area contributed by atoms with Crippen LogP contribution < -0.4 is 10.5 Å². The predicted molar refractivity (Wildman–Crippen MR) is 64.3 cm³/mol. The minimum Gasteiger partial charge on any atom is -0.497 e. The molecule has 15 heavy (non-hydrogen) atoms. The van der Waals surface area contributed by atoms with Gasteiger partial charge in [0.05, 0.1) is 7.11 Å². The van der Waals surface area contributed by atoms with Crippen LogP contribution in [0.3, 0.4) is 0 Å². The van der Waals surface area contributed by atoms with Crippen LogP contribution in [0.15, 0.2) is 24.3 Å². The van der Waals surface area contributed by atoms with Crippen molar-refractivity contribution in [2.45, 2.75) is 32.1 Å². The van der Waals surface area contributed by atoms with Gasteiger partial charge in [-0.25, -0.2) is 0 Å². The molecule has 0 atom stereocenters. The Morgan fingerprint density at radius 1 is 1.13 bits per heavy atom. The molecule has 0 saturated carbocycles. The maximum atomic E-state index is 5.90. The van der Waals surface area contributed by atoms with Crippen molar-refractivity contribution in [1.82, 2.24) is 0 Å². The van der Waals surface area contributed by atoms with Crippen molar-refractivity contribution in [3.05, 3.63) is 29.8 Å². The van der Waals surface area contributed by atoms with Gasteiger partial charge in [-0.05, 0) is 30.5 Å². The number of ether oxygens (including phenoxy) is 1. The molecule has 2 heteroatoms. The van der Waals surface area contributed by atoms with Gasteiger partial charge in [0.1, 0.15) is 5.75 Å². The first-order chi connectivity index (χ1) is 7.22. The lowest BCUT2D eigenvalue weighted by Crippen LogP contribution is -2.33. The standard InChI is InChI=1S/C13H21NO/c1-4-13(5-2,10-14)11-6-8-12(15-3)9-7-11/h6-9H,4-5,10,14H2,1-3H3. The van der Waals surface area contributed by atoms with Crippen molar-refractivity contribution in [3.63, 3.8) is 0 Å². The first-order valence-corrected chi connectivity index (χ1v) is 5.57. The van der Waals surface area contributed by atoms with E-state index in [2.05, 4.69) is 26.0 Å². The third-order valence-electron chi connectivity index (χ3n) is 3.45. The molecule has 0 aliphatic heterocycles. The van der Waals surface area contributed by atoms with E-state index in [1.54, 1.807) is 7.11 Å². The zero-order chi connectivity index (χ0) is 11.3. The summed E-state index contributed by atoms with van der Waals surface area (Å²) in [5, 5.41) is 0. The second-order valence-electron chi connectivity index (χ2n) is 3.92. The highest BCUT2D eigenvalue weighted by Gasteiger charge is 2.26. The number of methoxy groups -OCH3 is 1. The Hall–Kier alpha value is -1.02. The molecular formula is C13H21NO. The molecule has 0 bridgehead atoms. The average molecular weight is 207 g/mol. The average Bonchev–Trinajstić information content (AvgIpc) is 2.33. The van der Waals surface area contributed by atoms with Gasteiger partial charge in [-0.3, -0.25) is 0 Å².